The van der Waals surface area contributed by atoms with Gasteiger partial charge < -0.3 is 14.4 Å². The van der Waals surface area contributed by atoms with Gasteiger partial charge in [-0.2, -0.15) is 0 Å². The maximum Gasteiger partial charge on any atom is 0.355 e. The third kappa shape index (κ3) is 4.84. The lowest BCUT2D eigenvalue weighted by Crippen LogP contribution is -2.35. The number of aryl methyl sites for hydroxylation is 1. The maximum atomic E-state index is 12.4. The van der Waals surface area contributed by atoms with E-state index in [1.54, 1.807) is 10.6 Å². The molecule has 0 atom stereocenters. The van der Waals surface area contributed by atoms with Crippen molar-refractivity contribution in [3.05, 3.63) is 91.2 Å². The van der Waals surface area contributed by atoms with Gasteiger partial charge in [0.15, 0.2) is 16.6 Å². The van der Waals surface area contributed by atoms with Crippen molar-refractivity contribution in [3.63, 3.8) is 0 Å². The number of rotatable bonds is 10. The number of imidazole rings is 1. The lowest BCUT2D eigenvalue weighted by atomic mass is 9.91. The van der Waals surface area contributed by atoms with Crippen molar-refractivity contribution in [2.75, 3.05) is 0 Å². The van der Waals surface area contributed by atoms with E-state index in [-0.39, 0.29) is 22.7 Å². The fourth-order valence-electron chi connectivity index (χ4n) is 4.26. The highest BCUT2D eigenvalue weighted by atomic mass is 35.5. The number of aromatic carboxylic acids is 1. The SMILES string of the molecule is CCCCc1nc(Cl)c(C(=O)O)n1Cc1ccc(-c2ccccc2-c2c(OC(C)C)c(=O)c2=O)cc1. The standard InChI is InChI=1S/C28H27ClN2O5/c1-4-5-10-21-30-27(29)23(28(34)35)31(21)15-17-11-13-18(14-12-17)19-8-6-7-9-20(19)22-24(32)25(33)26(22)36-16(2)3/h6-9,11-14,16H,4-5,10,15H2,1-3H3,(H,34,35). The number of aromatic nitrogens is 2. The zero-order valence-electron chi connectivity index (χ0n) is 20.4. The monoisotopic (exact) mass is 506 g/mol. The van der Waals surface area contributed by atoms with Crippen LogP contribution in [0.1, 0.15) is 55.5 Å². The van der Waals surface area contributed by atoms with Crippen LogP contribution in [-0.2, 0) is 13.0 Å². The van der Waals surface area contributed by atoms with Crippen molar-refractivity contribution >= 4 is 17.6 Å². The molecule has 3 aromatic carbocycles. The number of unbranched alkanes of at least 4 members (excludes halogenated alkanes) is 1. The molecule has 186 valence electrons. The Morgan fingerprint density at radius 3 is 2.33 bits per heavy atom. The second kappa shape index (κ2) is 10.5. The molecule has 0 bridgehead atoms. The summed E-state index contributed by atoms with van der Waals surface area (Å²) in [5, 5.41) is 9.66. The molecule has 0 saturated heterocycles. The van der Waals surface area contributed by atoms with Crippen molar-refractivity contribution in [2.45, 2.75) is 52.7 Å². The summed E-state index contributed by atoms with van der Waals surface area (Å²) in [6, 6.07) is 15.0. The molecule has 36 heavy (non-hydrogen) atoms. The normalized spacial score (nSPS) is 11.4. The predicted molar refractivity (Wildman–Crippen MR) is 140 cm³/mol. The Labute approximate surface area is 213 Å². The van der Waals surface area contributed by atoms with Crippen LogP contribution >= 0.6 is 11.6 Å². The Kier molecular flexibility index (Phi) is 7.40. The molecule has 0 radical (unpaired) electrons. The van der Waals surface area contributed by atoms with E-state index in [0.29, 0.717) is 29.9 Å². The predicted octanol–water partition coefficient (Wildman–Crippen LogP) is 5.34. The first-order chi connectivity index (χ1) is 17.2. The van der Waals surface area contributed by atoms with Crippen LogP contribution in [-0.4, -0.2) is 26.7 Å². The molecule has 4 rings (SSSR count). The van der Waals surface area contributed by atoms with Crippen molar-refractivity contribution in [1.29, 1.82) is 0 Å². The third-order valence-electron chi connectivity index (χ3n) is 5.98. The first-order valence-electron chi connectivity index (χ1n) is 11.9. The number of nitrogens with zero attached hydrogens (tertiary/aromatic N) is 2. The van der Waals surface area contributed by atoms with Crippen molar-refractivity contribution in [2.24, 2.45) is 0 Å². The number of carboxylic acids is 1. The Bertz CT molecular complexity index is 1480. The van der Waals surface area contributed by atoms with Crippen LogP contribution in [0.5, 0.6) is 5.75 Å². The van der Waals surface area contributed by atoms with Gasteiger partial charge in [0.1, 0.15) is 5.82 Å². The first kappa shape index (κ1) is 25.4. The molecule has 0 saturated carbocycles. The van der Waals surface area contributed by atoms with Crippen molar-refractivity contribution in [1.82, 2.24) is 9.55 Å². The zero-order chi connectivity index (χ0) is 26.0. The molecular formula is C28H27ClN2O5. The lowest BCUT2D eigenvalue weighted by molar-refractivity contribution is 0.0685. The fraction of sp³-hybridized carbons (Fsp3) is 0.286. The Morgan fingerprint density at radius 2 is 1.72 bits per heavy atom. The van der Waals surface area contributed by atoms with Gasteiger partial charge in [-0.05, 0) is 42.5 Å². The average molecular weight is 507 g/mol. The lowest BCUT2D eigenvalue weighted by Gasteiger charge is -2.17. The molecular weight excluding hydrogens is 480 g/mol. The van der Waals surface area contributed by atoms with Crippen molar-refractivity contribution < 1.29 is 14.6 Å². The summed E-state index contributed by atoms with van der Waals surface area (Å²) in [5.74, 6) is -0.364. The average Bonchev–Trinajstić information content (AvgIpc) is 3.17. The first-order valence-corrected chi connectivity index (χ1v) is 12.3. The number of benzene rings is 2. The van der Waals surface area contributed by atoms with E-state index in [4.69, 9.17) is 16.3 Å². The van der Waals surface area contributed by atoms with Crippen LogP contribution in [0.25, 0.3) is 22.3 Å². The minimum atomic E-state index is -1.12. The maximum absolute atomic E-state index is 12.4. The quantitative estimate of drug-likeness (QED) is 0.291. The van der Waals surface area contributed by atoms with Gasteiger partial charge in [-0.1, -0.05) is 73.5 Å². The Balaban J connectivity index is 1.68. The number of ether oxygens (including phenoxy) is 1. The fourth-order valence-corrected chi connectivity index (χ4v) is 4.54. The molecule has 1 aromatic heterocycles. The van der Waals surface area contributed by atoms with Gasteiger partial charge >= 0.3 is 5.97 Å². The summed E-state index contributed by atoms with van der Waals surface area (Å²) in [4.78, 5) is 40.7. The highest BCUT2D eigenvalue weighted by Gasteiger charge is 2.27. The van der Waals surface area contributed by atoms with E-state index < -0.39 is 16.8 Å². The second-order valence-corrected chi connectivity index (χ2v) is 9.29. The molecule has 0 aliphatic rings. The molecule has 0 aliphatic heterocycles. The van der Waals surface area contributed by atoms with E-state index in [1.165, 1.54) is 0 Å². The molecule has 8 heteroatoms. The summed E-state index contributed by atoms with van der Waals surface area (Å²) in [6.45, 7) is 5.99. The minimum absolute atomic E-state index is 0.00782. The van der Waals surface area contributed by atoms with E-state index in [2.05, 4.69) is 11.9 Å². The van der Waals surface area contributed by atoms with Gasteiger partial charge in [0, 0.05) is 13.0 Å². The number of hydrogen-bond acceptors (Lipinski definition) is 5. The summed E-state index contributed by atoms with van der Waals surface area (Å²) < 4.78 is 7.28. The van der Waals surface area contributed by atoms with Crippen LogP contribution < -0.4 is 15.6 Å². The number of hydrogen-bond donors (Lipinski definition) is 1. The summed E-state index contributed by atoms with van der Waals surface area (Å²) in [7, 11) is 0. The molecule has 1 heterocycles. The van der Waals surface area contributed by atoms with Gasteiger partial charge in [-0.15, -0.1) is 0 Å². The third-order valence-corrected chi connectivity index (χ3v) is 6.25. The largest absolute Gasteiger partial charge is 0.486 e. The second-order valence-electron chi connectivity index (χ2n) is 8.93. The number of carboxylic acid groups (broad SMARTS) is 1. The Hall–Kier alpha value is -3.71. The molecule has 0 fully saturated rings. The minimum Gasteiger partial charge on any atom is -0.486 e. The van der Waals surface area contributed by atoms with Gasteiger partial charge in [0.05, 0.1) is 11.7 Å². The van der Waals surface area contributed by atoms with Crippen LogP contribution in [0.15, 0.2) is 58.1 Å². The zero-order valence-corrected chi connectivity index (χ0v) is 21.1. The highest BCUT2D eigenvalue weighted by molar-refractivity contribution is 6.32. The smallest absolute Gasteiger partial charge is 0.355 e. The molecule has 0 unspecified atom stereocenters. The van der Waals surface area contributed by atoms with Gasteiger partial charge in [0.2, 0.25) is 5.43 Å². The van der Waals surface area contributed by atoms with Crippen LogP contribution in [0.3, 0.4) is 0 Å². The van der Waals surface area contributed by atoms with Crippen molar-refractivity contribution in [3.8, 4) is 28.0 Å². The molecule has 1 N–H and O–H groups in total. The number of halogens is 1. The molecule has 0 aliphatic carbocycles. The van der Waals surface area contributed by atoms with E-state index >= 15 is 0 Å². The summed E-state index contributed by atoms with van der Waals surface area (Å²) >= 11 is 6.15. The molecule has 0 spiro atoms. The topological polar surface area (TPSA) is 98.5 Å². The Morgan fingerprint density at radius 1 is 1.06 bits per heavy atom. The van der Waals surface area contributed by atoms with Crippen LogP contribution in [0, 0.1) is 0 Å². The molecule has 4 aromatic rings. The van der Waals surface area contributed by atoms with E-state index in [1.807, 2.05) is 56.3 Å². The van der Waals surface area contributed by atoms with E-state index in [9.17, 15) is 19.5 Å². The number of carbonyl (C=O) groups is 1. The van der Waals surface area contributed by atoms with Crippen LogP contribution in [0.4, 0.5) is 0 Å². The molecule has 7 nitrogen and oxygen atoms in total. The molecule has 0 amide bonds. The highest BCUT2D eigenvalue weighted by Crippen LogP contribution is 2.35. The van der Waals surface area contributed by atoms with Crippen LogP contribution in [0.2, 0.25) is 5.15 Å². The van der Waals surface area contributed by atoms with Gasteiger partial charge in [-0.25, -0.2) is 9.78 Å². The van der Waals surface area contributed by atoms with Gasteiger partial charge in [0.25, 0.3) is 5.43 Å². The van der Waals surface area contributed by atoms with Gasteiger partial charge in [-0.3, -0.25) is 9.59 Å². The summed E-state index contributed by atoms with van der Waals surface area (Å²) in [5.41, 5.74) is 2.30. The summed E-state index contributed by atoms with van der Waals surface area (Å²) in [6.07, 6.45) is 2.24. The van der Waals surface area contributed by atoms with E-state index in [0.717, 1.165) is 29.5 Å².